The highest BCUT2D eigenvalue weighted by atomic mass is 19.4. The minimum atomic E-state index is -4.45. The average molecular weight is 196 g/mol. The molecular formula is C10H5F3N. The normalized spacial score (nSPS) is 10.7. The molecule has 0 saturated heterocycles. The maximum absolute atomic E-state index is 12.3. The van der Waals surface area contributed by atoms with E-state index >= 15 is 0 Å². The predicted molar refractivity (Wildman–Crippen MR) is 44.1 cm³/mol. The van der Waals surface area contributed by atoms with Gasteiger partial charge in [0.05, 0.1) is 17.2 Å². The summed E-state index contributed by atoms with van der Waals surface area (Å²) in [5.41, 5.74) is -0.745. The molecule has 14 heavy (non-hydrogen) atoms. The first kappa shape index (κ1) is 10.3. The number of benzene rings is 1. The van der Waals surface area contributed by atoms with E-state index in [0.717, 1.165) is 12.1 Å². The molecule has 0 atom stereocenters. The van der Waals surface area contributed by atoms with E-state index in [9.17, 15) is 13.2 Å². The first-order chi connectivity index (χ1) is 6.47. The zero-order valence-corrected chi connectivity index (χ0v) is 7.02. The molecular weight excluding hydrogens is 191 g/mol. The van der Waals surface area contributed by atoms with Crippen LogP contribution in [0.15, 0.2) is 24.8 Å². The van der Waals surface area contributed by atoms with Gasteiger partial charge in [0, 0.05) is 0 Å². The van der Waals surface area contributed by atoms with Crippen LogP contribution in [0.3, 0.4) is 0 Å². The standard InChI is InChI=1S/C10H5F3N/c1-2-7-3-8(6-14)5-9(4-7)10(11,12)13/h3-5H,1H2. The van der Waals surface area contributed by atoms with E-state index in [1.807, 2.05) is 0 Å². The van der Waals surface area contributed by atoms with Crippen LogP contribution < -0.4 is 0 Å². The van der Waals surface area contributed by atoms with Gasteiger partial charge in [0.1, 0.15) is 0 Å². The van der Waals surface area contributed by atoms with Crippen LogP contribution >= 0.6 is 0 Å². The molecule has 0 aliphatic heterocycles. The second-order valence-electron chi connectivity index (χ2n) is 2.59. The van der Waals surface area contributed by atoms with Crippen LogP contribution in [-0.2, 0) is 6.18 Å². The van der Waals surface area contributed by atoms with Crippen LogP contribution in [0.5, 0.6) is 0 Å². The van der Waals surface area contributed by atoms with E-state index in [1.54, 1.807) is 6.07 Å². The molecule has 0 aromatic heterocycles. The Balaban J connectivity index is 3.33. The molecule has 0 unspecified atom stereocenters. The summed E-state index contributed by atoms with van der Waals surface area (Å²) < 4.78 is 36.8. The van der Waals surface area contributed by atoms with Crippen molar-refractivity contribution in [1.82, 2.24) is 0 Å². The van der Waals surface area contributed by atoms with Crippen molar-refractivity contribution in [3.63, 3.8) is 0 Å². The second-order valence-corrected chi connectivity index (χ2v) is 2.59. The minimum absolute atomic E-state index is 0.0500. The molecule has 1 nitrogen and oxygen atoms in total. The number of hydrogen-bond donors (Lipinski definition) is 0. The number of rotatable bonds is 1. The lowest BCUT2D eigenvalue weighted by Crippen LogP contribution is -2.05. The summed E-state index contributed by atoms with van der Waals surface area (Å²) in [4.78, 5) is 0. The Morgan fingerprint density at radius 2 is 1.71 bits per heavy atom. The molecule has 0 saturated carbocycles. The van der Waals surface area contributed by atoms with Crippen molar-refractivity contribution in [1.29, 1.82) is 5.26 Å². The van der Waals surface area contributed by atoms with Crippen LogP contribution in [0.1, 0.15) is 16.7 Å². The largest absolute Gasteiger partial charge is 0.416 e. The maximum Gasteiger partial charge on any atom is 0.416 e. The summed E-state index contributed by atoms with van der Waals surface area (Å²) in [6.07, 6.45) is -2.13. The molecule has 1 aromatic carbocycles. The highest BCUT2D eigenvalue weighted by Crippen LogP contribution is 2.30. The summed E-state index contributed by atoms with van der Waals surface area (Å²) in [7, 11) is 0. The third kappa shape index (κ3) is 2.13. The van der Waals surface area contributed by atoms with Crippen LogP contribution in [-0.4, -0.2) is 0 Å². The van der Waals surface area contributed by atoms with Crippen LogP contribution in [0.4, 0.5) is 13.2 Å². The number of nitriles is 1. The van der Waals surface area contributed by atoms with Crippen molar-refractivity contribution < 1.29 is 13.2 Å². The topological polar surface area (TPSA) is 23.8 Å². The fraction of sp³-hybridized carbons (Fsp3) is 0.100. The molecule has 0 aliphatic carbocycles. The van der Waals surface area contributed by atoms with Gasteiger partial charge in [-0.3, -0.25) is 0 Å². The molecule has 0 amide bonds. The molecule has 0 bridgehead atoms. The number of alkyl halides is 3. The minimum Gasteiger partial charge on any atom is -0.192 e. The molecule has 0 spiro atoms. The smallest absolute Gasteiger partial charge is 0.192 e. The van der Waals surface area contributed by atoms with Gasteiger partial charge < -0.3 is 0 Å². The molecule has 0 heterocycles. The molecule has 71 valence electrons. The Bertz CT molecular complexity index is 399. The van der Waals surface area contributed by atoms with Crippen molar-refractivity contribution in [2.75, 3.05) is 0 Å². The van der Waals surface area contributed by atoms with Gasteiger partial charge in [0.25, 0.3) is 0 Å². The third-order valence-electron chi connectivity index (χ3n) is 1.59. The van der Waals surface area contributed by atoms with Crippen molar-refractivity contribution in [3.05, 3.63) is 47.5 Å². The highest BCUT2D eigenvalue weighted by molar-refractivity contribution is 5.40. The van der Waals surface area contributed by atoms with Crippen molar-refractivity contribution in [2.24, 2.45) is 0 Å². The van der Waals surface area contributed by atoms with Gasteiger partial charge in [-0.15, -0.1) is 0 Å². The van der Waals surface area contributed by atoms with E-state index in [0.29, 0.717) is 0 Å². The van der Waals surface area contributed by atoms with Gasteiger partial charge in [-0.25, -0.2) is 0 Å². The van der Waals surface area contributed by atoms with Crippen LogP contribution in [0, 0.1) is 17.4 Å². The lowest BCUT2D eigenvalue weighted by molar-refractivity contribution is -0.137. The van der Waals surface area contributed by atoms with Crippen molar-refractivity contribution in [2.45, 2.75) is 6.18 Å². The zero-order valence-electron chi connectivity index (χ0n) is 7.02. The number of halogens is 3. The van der Waals surface area contributed by atoms with Gasteiger partial charge in [-0.05, 0) is 29.8 Å². The van der Waals surface area contributed by atoms with Gasteiger partial charge in [-0.1, -0.05) is 6.58 Å². The lowest BCUT2D eigenvalue weighted by Gasteiger charge is -2.07. The van der Waals surface area contributed by atoms with Gasteiger partial charge >= 0.3 is 6.18 Å². The first-order valence-electron chi connectivity index (χ1n) is 3.63. The van der Waals surface area contributed by atoms with E-state index in [2.05, 4.69) is 12.7 Å². The molecule has 0 N–H and O–H groups in total. The molecule has 1 radical (unpaired) electrons. The number of nitrogens with zero attached hydrogens (tertiary/aromatic N) is 1. The Labute approximate surface area is 79.1 Å². The predicted octanol–water partition coefficient (Wildman–Crippen LogP) is 2.91. The van der Waals surface area contributed by atoms with Crippen LogP contribution in [0.2, 0.25) is 0 Å². The average Bonchev–Trinajstić information content (AvgIpc) is 2.15. The molecule has 0 fully saturated rings. The van der Waals surface area contributed by atoms with Crippen LogP contribution in [0.25, 0.3) is 0 Å². The summed E-state index contributed by atoms with van der Waals surface area (Å²) in [6, 6.07) is 4.63. The Morgan fingerprint density at radius 3 is 2.14 bits per heavy atom. The molecule has 4 heteroatoms. The Morgan fingerprint density at radius 1 is 1.14 bits per heavy atom. The molecule has 1 rings (SSSR count). The van der Waals surface area contributed by atoms with Gasteiger partial charge in [-0.2, -0.15) is 18.4 Å². The Hall–Kier alpha value is -1.76. The zero-order chi connectivity index (χ0) is 10.8. The highest BCUT2D eigenvalue weighted by Gasteiger charge is 2.30. The lowest BCUT2D eigenvalue weighted by atomic mass is 10.1. The van der Waals surface area contributed by atoms with E-state index in [-0.39, 0.29) is 11.1 Å². The third-order valence-corrected chi connectivity index (χ3v) is 1.59. The SMILES string of the molecule is C=[C]c1cc(C#N)cc(C(F)(F)F)c1. The van der Waals surface area contributed by atoms with Gasteiger partial charge in [0.15, 0.2) is 0 Å². The van der Waals surface area contributed by atoms with E-state index in [1.165, 1.54) is 6.07 Å². The Kier molecular flexibility index (Phi) is 2.61. The second kappa shape index (κ2) is 3.54. The van der Waals surface area contributed by atoms with Crippen molar-refractivity contribution >= 4 is 0 Å². The van der Waals surface area contributed by atoms with Gasteiger partial charge in [0.2, 0.25) is 0 Å². The fourth-order valence-corrected chi connectivity index (χ4v) is 0.958. The fourth-order valence-electron chi connectivity index (χ4n) is 0.958. The van der Waals surface area contributed by atoms with Crippen molar-refractivity contribution in [3.8, 4) is 6.07 Å². The van der Waals surface area contributed by atoms with E-state index in [4.69, 9.17) is 5.26 Å². The quantitative estimate of drug-likeness (QED) is 0.677. The summed E-state index contributed by atoms with van der Waals surface area (Å²) in [6.45, 7) is 3.23. The summed E-state index contributed by atoms with van der Waals surface area (Å²) in [5, 5.41) is 8.48. The van der Waals surface area contributed by atoms with E-state index < -0.39 is 11.7 Å². The molecule has 0 aliphatic rings. The summed E-state index contributed by atoms with van der Waals surface area (Å²) >= 11 is 0. The summed E-state index contributed by atoms with van der Waals surface area (Å²) in [5.74, 6) is 0. The first-order valence-corrected chi connectivity index (χ1v) is 3.63. The maximum atomic E-state index is 12.3. The molecule has 1 aromatic rings. The number of hydrogen-bond acceptors (Lipinski definition) is 1. The monoisotopic (exact) mass is 196 g/mol.